The first-order valence-corrected chi connectivity index (χ1v) is 12.7. The number of nitrogens with zero attached hydrogens (tertiary/aromatic N) is 3. The summed E-state index contributed by atoms with van der Waals surface area (Å²) in [5.74, 6) is 0.848. The molecule has 0 unspecified atom stereocenters. The highest BCUT2D eigenvalue weighted by atomic mass is 32.2. The van der Waals surface area contributed by atoms with E-state index in [2.05, 4.69) is 30.9 Å². The highest BCUT2D eigenvalue weighted by Gasteiger charge is 2.18. The molecule has 2 aromatic heterocycles. The van der Waals surface area contributed by atoms with Gasteiger partial charge in [0.25, 0.3) is 0 Å². The van der Waals surface area contributed by atoms with E-state index in [0.717, 1.165) is 31.6 Å². The predicted octanol–water partition coefficient (Wildman–Crippen LogP) is 2.64. The summed E-state index contributed by atoms with van der Waals surface area (Å²) in [5.41, 5.74) is 1.87. The van der Waals surface area contributed by atoms with Crippen molar-refractivity contribution in [3.63, 3.8) is 0 Å². The van der Waals surface area contributed by atoms with Crippen molar-refractivity contribution in [2.75, 3.05) is 25.0 Å². The molecule has 0 spiro atoms. The summed E-state index contributed by atoms with van der Waals surface area (Å²) in [4.78, 5) is 23.5. The minimum atomic E-state index is -4.04. The van der Waals surface area contributed by atoms with Crippen LogP contribution in [0.25, 0.3) is 16.7 Å². The lowest BCUT2D eigenvalue weighted by Crippen LogP contribution is -2.37. The summed E-state index contributed by atoms with van der Waals surface area (Å²) in [6, 6.07) is 10.6. The van der Waals surface area contributed by atoms with Gasteiger partial charge in [-0.3, -0.25) is 5.32 Å². The van der Waals surface area contributed by atoms with Gasteiger partial charge in [0.05, 0.1) is 17.4 Å². The number of rotatable bonds is 7. The predicted molar refractivity (Wildman–Crippen MR) is 130 cm³/mol. The lowest BCUT2D eigenvalue weighted by Gasteiger charge is -2.22. The van der Waals surface area contributed by atoms with Gasteiger partial charge in [0.2, 0.25) is 5.95 Å². The molecule has 11 nitrogen and oxygen atoms in total. The molecule has 3 heterocycles. The molecule has 1 aliphatic rings. The largest absolute Gasteiger partial charge is 0.379 e. The fourth-order valence-corrected chi connectivity index (χ4v) is 4.87. The van der Waals surface area contributed by atoms with Gasteiger partial charge in [0.15, 0.2) is 0 Å². The minimum Gasteiger partial charge on any atom is -0.379 e. The van der Waals surface area contributed by atoms with Gasteiger partial charge in [-0.1, -0.05) is 0 Å². The summed E-state index contributed by atoms with van der Waals surface area (Å²) in [7, 11) is -4.04. The van der Waals surface area contributed by atoms with Gasteiger partial charge in [-0.2, -0.15) is 8.42 Å². The Kier molecular flexibility index (Phi) is 6.38. The fraction of sp³-hybridized carbons (Fsp3) is 0.261. The maximum absolute atomic E-state index is 12.8. The molecule has 35 heavy (non-hydrogen) atoms. The molecule has 1 aliphatic heterocycles. The Morgan fingerprint density at radius 3 is 2.69 bits per heavy atom. The first kappa shape index (κ1) is 22.9. The normalized spacial score (nSPS) is 14.6. The molecule has 0 aliphatic carbocycles. The minimum absolute atomic E-state index is 0.0267. The van der Waals surface area contributed by atoms with Crippen LogP contribution in [0.3, 0.4) is 0 Å². The van der Waals surface area contributed by atoms with E-state index in [1.54, 1.807) is 41.5 Å². The number of aromatic nitrogens is 4. The second-order valence-corrected chi connectivity index (χ2v) is 9.84. The van der Waals surface area contributed by atoms with Crippen LogP contribution in [0.5, 0.6) is 5.75 Å². The standard InChI is InChI=1S/C23H25N7O4S/c31-23(26-14-16-7-9-24-10-8-16)29-22-27-20-6-3-18(13-21(20)28-22)34-35(32,33)19-4-1-17(2-5-19)30-12-11-25-15-30/h1-6,11-13,15-16,24H,7-10,14H2,(H3,26,27,28,29,31). The van der Waals surface area contributed by atoms with Crippen LogP contribution in [0.2, 0.25) is 0 Å². The molecule has 0 atom stereocenters. The van der Waals surface area contributed by atoms with Gasteiger partial charge < -0.3 is 24.4 Å². The van der Waals surface area contributed by atoms with Crippen molar-refractivity contribution in [1.29, 1.82) is 0 Å². The van der Waals surface area contributed by atoms with E-state index in [1.165, 1.54) is 24.3 Å². The number of amides is 2. The number of anilines is 1. The number of nitrogens with one attached hydrogen (secondary N) is 4. The molecular formula is C23H25N7O4S. The SMILES string of the molecule is O=C(NCC1CCNCC1)Nc1nc2ccc(OS(=O)(=O)c3ccc(-n4ccnc4)cc3)cc2[nH]1. The number of fused-ring (bicyclic) bond motifs is 1. The van der Waals surface area contributed by atoms with Crippen molar-refractivity contribution < 1.29 is 17.4 Å². The molecule has 4 aromatic rings. The van der Waals surface area contributed by atoms with Gasteiger partial charge in [-0.25, -0.2) is 14.8 Å². The first-order chi connectivity index (χ1) is 17.0. The molecule has 182 valence electrons. The lowest BCUT2D eigenvalue weighted by atomic mass is 9.98. The molecule has 1 saturated heterocycles. The van der Waals surface area contributed by atoms with Crippen LogP contribution in [0, 0.1) is 5.92 Å². The second kappa shape index (κ2) is 9.76. The summed E-state index contributed by atoms with van der Waals surface area (Å²) in [6.45, 7) is 2.54. The van der Waals surface area contributed by atoms with Crippen LogP contribution in [0.1, 0.15) is 12.8 Å². The second-order valence-electron chi connectivity index (χ2n) is 8.29. The van der Waals surface area contributed by atoms with Crippen molar-refractivity contribution in [2.24, 2.45) is 5.92 Å². The van der Waals surface area contributed by atoms with Crippen LogP contribution < -0.4 is 20.1 Å². The van der Waals surface area contributed by atoms with E-state index in [9.17, 15) is 13.2 Å². The number of hydrogen-bond acceptors (Lipinski definition) is 7. The van der Waals surface area contributed by atoms with Crippen LogP contribution in [-0.4, -0.2) is 53.6 Å². The van der Waals surface area contributed by atoms with Gasteiger partial charge >= 0.3 is 16.1 Å². The summed E-state index contributed by atoms with van der Waals surface area (Å²) < 4.78 is 32.6. The van der Waals surface area contributed by atoms with Gasteiger partial charge in [0.1, 0.15) is 10.6 Å². The Balaban J connectivity index is 1.23. The average Bonchev–Trinajstić information content (AvgIpc) is 3.53. The third-order valence-electron chi connectivity index (χ3n) is 5.83. The Morgan fingerprint density at radius 2 is 1.94 bits per heavy atom. The summed E-state index contributed by atoms with van der Waals surface area (Å²) in [6.07, 6.45) is 7.10. The zero-order chi connectivity index (χ0) is 24.3. The van der Waals surface area contributed by atoms with Crippen LogP contribution in [0.4, 0.5) is 10.7 Å². The molecule has 1 fully saturated rings. The number of hydrogen-bond donors (Lipinski definition) is 4. The molecule has 4 N–H and O–H groups in total. The van der Waals surface area contributed by atoms with Crippen molar-refractivity contribution >= 4 is 33.1 Å². The smallest absolute Gasteiger partial charge is 0.339 e. The van der Waals surface area contributed by atoms with Crippen molar-refractivity contribution in [3.8, 4) is 11.4 Å². The Bertz CT molecular complexity index is 1410. The average molecular weight is 496 g/mol. The number of urea groups is 1. The highest BCUT2D eigenvalue weighted by Crippen LogP contribution is 2.24. The molecule has 2 aromatic carbocycles. The zero-order valence-electron chi connectivity index (χ0n) is 18.8. The number of carbonyl (C=O) groups excluding carboxylic acids is 1. The zero-order valence-corrected chi connectivity index (χ0v) is 19.6. The third-order valence-corrected chi connectivity index (χ3v) is 7.09. The lowest BCUT2D eigenvalue weighted by molar-refractivity contribution is 0.248. The summed E-state index contributed by atoms with van der Waals surface area (Å²) >= 11 is 0. The summed E-state index contributed by atoms with van der Waals surface area (Å²) in [5, 5.41) is 8.85. The van der Waals surface area contributed by atoms with E-state index in [1.807, 2.05) is 0 Å². The topological polar surface area (TPSA) is 143 Å². The molecule has 0 bridgehead atoms. The molecular weight excluding hydrogens is 470 g/mol. The van der Waals surface area contributed by atoms with Gasteiger partial charge in [0, 0.05) is 30.7 Å². The number of piperidine rings is 1. The number of carbonyl (C=O) groups is 1. The Labute approximate surface area is 202 Å². The fourth-order valence-electron chi connectivity index (χ4n) is 3.95. The molecule has 5 rings (SSSR count). The number of imidazole rings is 2. The third kappa shape index (κ3) is 5.44. The highest BCUT2D eigenvalue weighted by molar-refractivity contribution is 7.87. The molecule has 0 saturated carbocycles. The molecule has 2 amide bonds. The van der Waals surface area contributed by atoms with Crippen LogP contribution in [-0.2, 0) is 10.1 Å². The van der Waals surface area contributed by atoms with E-state index in [-0.39, 0.29) is 22.6 Å². The number of aromatic amines is 1. The molecule has 12 heteroatoms. The quantitative estimate of drug-likeness (QED) is 0.289. The maximum Gasteiger partial charge on any atom is 0.339 e. The maximum atomic E-state index is 12.8. The van der Waals surface area contributed by atoms with E-state index < -0.39 is 10.1 Å². The Morgan fingerprint density at radius 1 is 1.14 bits per heavy atom. The van der Waals surface area contributed by atoms with Crippen molar-refractivity contribution in [2.45, 2.75) is 17.7 Å². The van der Waals surface area contributed by atoms with E-state index >= 15 is 0 Å². The van der Waals surface area contributed by atoms with Crippen molar-refractivity contribution in [1.82, 2.24) is 30.2 Å². The molecule has 0 radical (unpaired) electrons. The van der Waals surface area contributed by atoms with Crippen LogP contribution in [0.15, 0.2) is 66.1 Å². The number of benzene rings is 2. The number of H-pyrrole nitrogens is 1. The van der Waals surface area contributed by atoms with E-state index in [0.29, 0.717) is 23.5 Å². The van der Waals surface area contributed by atoms with Gasteiger partial charge in [-0.15, -0.1) is 0 Å². The first-order valence-electron chi connectivity index (χ1n) is 11.2. The van der Waals surface area contributed by atoms with Crippen molar-refractivity contribution in [3.05, 3.63) is 61.2 Å². The van der Waals surface area contributed by atoms with Gasteiger partial charge in [-0.05, 0) is 68.2 Å². The van der Waals surface area contributed by atoms with E-state index in [4.69, 9.17) is 4.18 Å². The Hall–Kier alpha value is -3.90. The monoisotopic (exact) mass is 495 g/mol. The van der Waals surface area contributed by atoms with Crippen LogP contribution >= 0.6 is 0 Å².